The number of aromatic amines is 1. The van der Waals surface area contributed by atoms with Gasteiger partial charge in [-0.3, -0.25) is 9.19 Å². The Morgan fingerprint density at radius 1 is 1.11 bits per heavy atom. The van der Waals surface area contributed by atoms with Crippen molar-refractivity contribution in [3.8, 4) is 0 Å². The summed E-state index contributed by atoms with van der Waals surface area (Å²) in [7, 11) is -1.09. The predicted molar refractivity (Wildman–Crippen MR) is 107 cm³/mol. The fraction of sp³-hybridized carbons (Fsp3) is 0.381. The predicted octanol–water partition coefficient (Wildman–Crippen LogP) is 3.18. The Morgan fingerprint density at radius 2 is 1.89 bits per heavy atom. The summed E-state index contributed by atoms with van der Waals surface area (Å²) < 4.78 is 17.7. The van der Waals surface area contributed by atoms with E-state index < -0.39 is 16.6 Å². The zero-order valence-electron chi connectivity index (χ0n) is 15.2. The fourth-order valence-corrected chi connectivity index (χ4v) is 4.88. The van der Waals surface area contributed by atoms with Crippen molar-refractivity contribution >= 4 is 21.9 Å². The lowest BCUT2D eigenvalue weighted by atomic mass is 9.90. The summed E-state index contributed by atoms with van der Waals surface area (Å²) >= 11 is 0. The first kappa shape index (κ1) is 18.2. The first-order chi connectivity index (χ1) is 13.2. The number of rotatable bonds is 6. The van der Waals surface area contributed by atoms with Crippen LogP contribution in [-0.2, 0) is 17.2 Å². The van der Waals surface area contributed by atoms with Gasteiger partial charge in [0.05, 0.1) is 16.3 Å². The van der Waals surface area contributed by atoms with Crippen LogP contribution in [0.2, 0.25) is 0 Å². The maximum atomic E-state index is 12.6. The third kappa shape index (κ3) is 4.57. The molecule has 1 aromatic heterocycles. The van der Waals surface area contributed by atoms with E-state index in [9.17, 15) is 9.00 Å². The monoisotopic (exact) mass is 384 g/mol. The molecule has 0 aliphatic carbocycles. The van der Waals surface area contributed by atoms with E-state index in [1.807, 2.05) is 0 Å². The summed E-state index contributed by atoms with van der Waals surface area (Å²) in [6, 6.07) is 15.9. The average Bonchev–Trinajstić information content (AvgIpc) is 3.07. The number of hydrogen-bond acceptors (Lipinski definition) is 4. The summed E-state index contributed by atoms with van der Waals surface area (Å²) in [6.45, 7) is 2.97. The van der Waals surface area contributed by atoms with Crippen molar-refractivity contribution in [2.45, 2.75) is 24.2 Å². The summed E-state index contributed by atoms with van der Waals surface area (Å²) in [6.07, 6.45) is 3.55. The van der Waals surface area contributed by atoms with E-state index in [2.05, 4.69) is 40.2 Å². The van der Waals surface area contributed by atoms with E-state index >= 15 is 0 Å². The number of oxazole rings is 1. The minimum absolute atomic E-state index is 0.465. The van der Waals surface area contributed by atoms with Crippen molar-refractivity contribution in [2.24, 2.45) is 5.92 Å². The van der Waals surface area contributed by atoms with E-state index in [4.69, 9.17) is 4.42 Å². The average molecular weight is 385 g/mol. The number of likely N-dealkylation sites (tertiary alicyclic amines) is 1. The van der Waals surface area contributed by atoms with Gasteiger partial charge in [0.1, 0.15) is 0 Å². The normalized spacial score (nSPS) is 17.3. The highest BCUT2D eigenvalue weighted by molar-refractivity contribution is 7.85. The number of nitrogens with one attached hydrogen (secondary N) is 1. The summed E-state index contributed by atoms with van der Waals surface area (Å²) in [4.78, 5) is 17.0. The van der Waals surface area contributed by atoms with Crippen LogP contribution in [0.15, 0.2) is 62.6 Å². The molecule has 5 nitrogen and oxygen atoms in total. The molecule has 1 atom stereocenters. The highest BCUT2D eigenvalue weighted by atomic mass is 32.2. The molecule has 6 heteroatoms. The molecular formula is C21H24N2O3S. The molecule has 0 saturated carbocycles. The van der Waals surface area contributed by atoms with Crippen molar-refractivity contribution in [2.75, 3.05) is 25.4 Å². The van der Waals surface area contributed by atoms with Gasteiger partial charge in [0.15, 0.2) is 5.58 Å². The molecule has 1 fully saturated rings. The molecule has 1 unspecified atom stereocenters. The molecule has 1 saturated heterocycles. The lowest BCUT2D eigenvalue weighted by Crippen LogP contribution is -2.36. The summed E-state index contributed by atoms with van der Waals surface area (Å²) in [5, 5.41) is 0. The Kier molecular flexibility index (Phi) is 5.55. The van der Waals surface area contributed by atoms with Crippen LogP contribution in [0.4, 0.5) is 0 Å². The van der Waals surface area contributed by atoms with Gasteiger partial charge in [-0.25, -0.2) is 4.79 Å². The minimum Gasteiger partial charge on any atom is -0.408 e. The quantitative estimate of drug-likeness (QED) is 0.709. The smallest absolute Gasteiger partial charge is 0.408 e. The van der Waals surface area contributed by atoms with Gasteiger partial charge in [0, 0.05) is 17.2 Å². The van der Waals surface area contributed by atoms with Gasteiger partial charge in [-0.15, -0.1) is 0 Å². The number of hydrogen-bond donors (Lipinski definition) is 1. The van der Waals surface area contributed by atoms with Crippen LogP contribution in [0.5, 0.6) is 0 Å². The molecule has 2 aromatic carbocycles. The van der Waals surface area contributed by atoms with E-state index in [1.54, 1.807) is 18.2 Å². The van der Waals surface area contributed by atoms with Gasteiger partial charge in [-0.1, -0.05) is 30.3 Å². The van der Waals surface area contributed by atoms with Crippen LogP contribution in [0.3, 0.4) is 0 Å². The standard InChI is InChI=1S/C21H24N2O3S/c24-21-22-19-7-6-18(15-20(19)26-21)27(25)13-12-23-10-8-17(9-11-23)14-16-4-2-1-3-5-16/h1-7,15,17H,8-14H2,(H,22,24). The molecule has 27 heavy (non-hydrogen) atoms. The largest absolute Gasteiger partial charge is 0.417 e. The molecule has 0 spiro atoms. The van der Waals surface area contributed by atoms with Crippen molar-refractivity contribution < 1.29 is 8.63 Å². The molecule has 4 rings (SSSR count). The van der Waals surface area contributed by atoms with Crippen LogP contribution in [-0.4, -0.2) is 39.5 Å². The van der Waals surface area contributed by atoms with Crippen molar-refractivity contribution in [1.29, 1.82) is 0 Å². The topological polar surface area (TPSA) is 66.3 Å². The lowest BCUT2D eigenvalue weighted by Gasteiger charge is -2.31. The van der Waals surface area contributed by atoms with Crippen LogP contribution in [0.25, 0.3) is 11.1 Å². The lowest BCUT2D eigenvalue weighted by molar-refractivity contribution is 0.193. The molecule has 0 bridgehead atoms. The number of fused-ring (bicyclic) bond motifs is 1. The number of H-pyrrole nitrogens is 1. The van der Waals surface area contributed by atoms with Crippen LogP contribution >= 0.6 is 0 Å². The van der Waals surface area contributed by atoms with Gasteiger partial charge in [0.25, 0.3) is 0 Å². The molecule has 3 aromatic rings. The summed E-state index contributed by atoms with van der Waals surface area (Å²) in [5.41, 5.74) is 2.53. The molecule has 1 N–H and O–H groups in total. The van der Waals surface area contributed by atoms with Gasteiger partial charge >= 0.3 is 5.76 Å². The number of piperidine rings is 1. The van der Waals surface area contributed by atoms with E-state index in [0.29, 0.717) is 21.7 Å². The van der Waals surface area contributed by atoms with E-state index in [-0.39, 0.29) is 0 Å². The molecular weight excluding hydrogens is 360 g/mol. The third-order valence-corrected chi connectivity index (χ3v) is 6.66. The van der Waals surface area contributed by atoms with Crippen molar-refractivity contribution in [3.63, 3.8) is 0 Å². The van der Waals surface area contributed by atoms with Gasteiger partial charge < -0.3 is 9.32 Å². The van der Waals surface area contributed by atoms with Crippen molar-refractivity contribution in [1.82, 2.24) is 9.88 Å². The highest BCUT2D eigenvalue weighted by Gasteiger charge is 2.20. The highest BCUT2D eigenvalue weighted by Crippen LogP contribution is 2.22. The van der Waals surface area contributed by atoms with Gasteiger partial charge in [-0.05, 0) is 62.0 Å². The number of benzene rings is 2. The zero-order chi connectivity index (χ0) is 18.6. The second-order valence-corrected chi connectivity index (χ2v) is 8.77. The molecule has 1 aliphatic heterocycles. The first-order valence-corrected chi connectivity index (χ1v) is 10.8. The molecule has 2 heterocycles. The Balaban J connectivity index is 1.26. The summed E-state index contributed by atoms with van der Waals surface area (Å²) in [5.74, 6) is 0.864. The Bertz CT molecular complexity index is 972. The van der Waals surface area contributed by atoms with Gasteiger partial charge in [0.2, 0.25) is 0 Å². The molecule has 142 valence electrons. The Labute approximate surface area is 160 Å². The second-order valence-electron chi connectivity index (χ2n) is 7.20. The molecule has 1 aliphatic rings. The molecule has 0 radical (unpaired) electrons. The van der Waals surface area contributed by atoms with E-state index in [0.717, 1.165) is 32.0 Å². The Hall–Kier alpha value is -2.18. The fourth-order valence-electron chi connectivity index (χ4n) is 3.76. The van der Waals surface area contributed by atoms with Crippen LogP contribution in [0, 0.1) is 5.92 Å². The van der Waals surface area contributed by atoms with E-state index in [1.165, 1.54) is 18.4 Å². The van der Waals surface area contributed by atoms with Crippen molar-refractivity contribution in [3.05, 3.63) is 64.6 Å². The Morgan fingerprint density at radius 3 is 2.67 bits per heavy atom. The zero-order valence-corrected chi connectivity index (χ0v) is 16.0. The van der Waals surface area contributed by atoms with Gasteiger partial charge in [-0.2, -0.15) is 0 Å². The van der Waals surface area contributed by atoms with Crippen LogP contribution in [0.1, 0.15) is 18.4 Å². The third-order valence-electron chi connectivity index (χ3n) is 5.32. The maximum Gasteiger partial charge on any atom is 0.417 e. The van der Waals surface area contributed by atoms with Crippen LogP contribution < -0.4 is 5.76 Å². The first-order valence-electron chi connectivity index (χ1n) is 9.45. The molecule has 0 amide bonds. The SMILES string of the molecule is O=c1[nH]c2ccc(S(=O)CCN3CCC(Cc4ccccc4)CC3)cc2o1. The second kappa shape index (κ2) is 8.23. The maximum absolute atomic E-state index is 12.6. The number of nitrogens with zero attached hydrogens (tertiary/aromatic N) is 1. The number of aromatic nitrogens is 1. The minimum atomic E-state index is -1.09.